The molecule has 0 aliphatic carbocycles. The second-order valence-corrected chi connectivity index (χ2v) is 6.87. The smallest absolute Gasteiger partial charge is 0.241 e. The predicted octanol–water partition coefficient (Wildman–Crippen LogP) is 2.54. The number of thioether (sulfide) groups is 1. The van der Waals surface area contributed by atoms with Gasteiger partial charge in [0.15, 0.2) is 0 Å². The number of nitrogens with zero attached hydrogens (tertiary/aromatic N) is 1. The van der Waals surface area contributed by atoms with E-state index in [4.69, 9.17) is 5.11 Å². The van der Waals surface area contributed by atoms with Gasteiger partial charge in [0.1, 0.15) is 0 Å². The van der Waals surface area contributed by atoms with E-state index in [9.17, 15) is 9.90 Å². The molecule has 1 aliphatic heterocycles. The molecule has 3 rings (SSSR count). The van der Waals surface area contributed by atoms with E-state index in [0.717, 1.165) is 24.2 Å². The molecule has 1 aliphatic rings. The van der Waals surface area contributed by atoms with Crippen LogP contribution >= 0.6 is 11.8 Å². The Morgan fingerprint density at radius 1 is 1.04 bits per heavy atom. The van der Waals surface area contributed by atoms with Crippen molar-refractivity contribution in [2.75, 3.05) is 23.0 Å². The zero-order chi connectivity index (χ0) is 16.9. The number of carbonyl (C=O) groups is 1. The van der Waals surface area contributed by atoms with Crippen LogP contribution in [0.15, 0.2) is 48.5 Å². The van der Waals surface area contributed by atoms with Crippen molar-refractivity contribution in [1.29, 1.82) is 0 Å². The number of anilines is 2. The van der Waals surface area contributed by atoms with Gasteiger partial charge in [0.2, 0.25) is 5.91 Å². The zero-order valence-electron chi connectivity index (χ0n) is 13.4. The molecule has 0 saturated carbocycles. The van der Waals surface area contributed by atoms with Gasteiger partial charge in [-0.05, 0) is 36.1 Å². The maximum atomic E-state index is 12.9. The van der Waals surface area contributed by atoms with Gasteiger partial charge in [-0.25, -0.2) is 0 Å². The Labute approximate surface area is 146 Å². The fraction of sp³-hybridized carbons (Fsp3) is 0.316. The maximum absolute atomic E-state index is 12.9. The van der Waals surface area contributed by atoms with Crippen LogP contribution in [0.4, 0.5) is 11.4 Å². The van der Waals surface area contributed by atoms with Crippen molar-refractivity contribution in [2.24, 2.45) is 0 Å². The molecule has 24 heavy (non-hydrogen) atoms. The van der Waals surface area contributed by atoms with E-state index < -0.39 is 6.10 Å². The van der Waals surface area contributed by atoms with Crippen molar-refractivity contribution in [3.63, 3.8) is 0 Å². The van der Waals surface area contributed by atoms with Crippen LogP contribution in [0.3, 0.4) is 0 Å². The molecular weight excluding hydrogens is 322 g/mol. The minimum Gasteiger partial charge on any atom is -0.394 e. The molecule has 0 bridgehead atoms. The molecule has 2 aromatic rings. The van der Waals surface area contributed by atoms with Gasteiger partial charge in [-0.3, -0.25) is 9.69 Å². The molecule has 1 unspecified atom stereocenters. The van der Waals surface area contributed by atoms with Crippen molar-refractivity contribution in [3.05, 3.63) is 59.7 Å². The molecule has 0 spiro atoms. The summed E-state index contributed by atoms with van der Waals surface area (Å²) in [6.07, 6.45) is 1.03. The number of carbonyl (C=O) groups excluding carboxylic acids is 1. The summed E-state index contributed by atoms with van der Waals surface area (Å²) in [5, 5.41) is 18.3. The summed E-state index contributed by atoms with van der Waals surface area (Å²) in [6.45, 7) is -0.281. The van der Waals surface area contributed by atoms with Gasteiger partial charge in [-0.2, -0.15) is 0 Å². The fourth-order valence-corrected chi connectivity index (χ4v) is 3.75. The van der Waals surface area contributed by atoms with Crippen LogP contribution in [0.5, 0.6) is 0 Å². The molecule has 2 aromatic carbocycles. The van der Waals surface area contributed by atoms with Crippen LogP contribution in [0, 0.1) is 0 Å². The summed E-state index contributed by atoms with van der Waals surface area (Å²) >= 11 is 1.34. The third-order valence-electron chi connectivity index (χ3n) is 4.12. The van der Waals surface area contributed by atoms with Gasteiger partial charge >= 0.3 is 0 Å². The first-order chi connectivity index (χ1) is 11.7. The predicted molar refractivity (Wildman–Crippen MR) is 97.9 cm³/mol. The Morgan fingerprint density at radius 2 is 1.58 bits per heavy atom. The molecule has 4 nitrogen and oxygen atoms in total. The molecule has 1 amide bonds. The highest BCUT2D eigenvalue weighted by molar-refractivity contribution is 8.00. The Balaban J connectivity index is 1.89. The van der Waals surface area contributed by atoms with E-state index in [1.165, 1.54) is 22.9 Å². The summed E-state index contributed by atoms with van der Waals surface area (Å²) in [4.78, 5) is 14.7. The lowest BCUT2D eigenvalue weighted by Crippen LogP contribution is -2.29. The highest BCUT2D eigenvalue weighted by Gasteiger charge is 2.25. The fourth-order valence-electron chi connectivity index (χ4n) is 2.95. The lowest BCUT2D eigenvalue weighted by molar-refractivity contribution is -0.115. The third kappa shape index (κ3) is 3.64. The molecule has 0 aromatic heterocycles. The largest absolute Gasteiger partial charge is 0.394 e. The summed E-state index contributed by atoms with van der Waals surface area (Å²) in [7, 11) is 0. The average Bonchev–Trinajstić information content (AvgIpc) is 2.78. The monoisotopic (exact) mass is 343 g/mol. The van der Waals surface area contributed by atoms with Gasteiger partial charge in [-0.15, -0.1) is 11.8 Å². The Hall–Kier alpha value is -1.82. The van der Waals surface area contributed by atoms with Crippen molar-refractivity contribution >= 4 is 29.0 Å². The number of para-hydroxylation sites is 2. The Kier molecular flexibility index (Phi) is 5.56. The number of fused-ring (bicyclic) bond motifs is 2. The molecule has 1 atom stereocenters. The first-order valence-corrected chi connectivity index (χ1v) is 9.21. The standard InChI is InChI=1S/C19H21NO3S/c21-11-16(22)12-24-13-19(23)20-17-7-3-1-5-14(17)9-10-15-6-2-4-8-18(15)20/h1-8,16,21-22H,9-13H2. The number of aliphatic hydroxyl groups is 2. The van der Waals surface area contributed by atoms with Crippen LogP contribution in [-0.2, 0) is 17.6 Å². The highest BCUT2D eigenvalue weighted by atomic mass is 32.2. The topological polar surface area (TPSA) is 60.8 Å². The second-order valence-electron chi connectivity index (χ2n) is 5.84. The van der Waals surface area contributed by atoms with Gasteiger partial charge in [0.25, 0.3) is 0 Å². The molecular formula is C19H21NO3S. The third-order valence-corrected chi connectivity index (χ3v) is 5.20. The Morgan fingerprint density at radius 3 is 2.12 bits per heavy atom. The van der Waals surface area contributed by atoms with Gasteiger partial charge in [0.05, 0.1) is 29.8 Å². The summed E-state index contributed by atoms with van der Waals surface area (Å²) in [6, 6.07) is 16.0. The van der Waals surface area contributed by atoms with Gasteiger partial charge < -0.3 is 10.2 Å². The zero-order valence-corrected chi connectivity index (χ0v) is 14.2. The molecule has 0 radical (unpaired) electrons. The number of hydrogen-bond donors (Lipinski definition) is 2. The van der Waals surface area contributed by atoms with Crippen molar-refractivity contribution in [2.45, 2.75) is 18.9 Å². The van der Waals surface area contributed by atoms with E-state index in [1.54, 1.807) is 4.90 Å². The van der Waals surface area contributed by atoms with E-state index in [1.807, 2.05) is 36.4 Å². The number of hydrogen-bond acceptors (Lipinski definition) is 4. The maximum Gasteiger partial charge on any atom is 0.241 e. The molecule has 0 fully saturated rings. The Bertz CT molecular complexity index is 672. The molecule has 5 heteroatoms. The number of rotatable bonds is 5. The quantitative estimate of drug-likeness (QED) is 0.876. The SMILES string of the molecule is O=C(CSCC(O)CO)N1c2ccccc2CCc2ccccc21. The summed E-state index contributed by atoms with van der Waals surface area (Å²) in [5.74, 6) is 0.603. The van der Waals surface area contributed by atoms with Crippen molar-refractivity contribution < 1.29 is 15.0 Å². The van der Waals surface area contributed by atoms with Crippen LogP contribution in [0.25, 0.3) is 0 Å². The lowest BCUT2D eigenvalue weighted by atomic mass is 10.0. The van der Waals surface area contributed by atoms with E-state index in [-0.39, 0.29) is 18.3 Å². The number of benzene rings is 2. The number of amides is 1. The van der Waals surface area contributed by atoms with Crippen LogP contribution in [-0.4, -0.2) is 40.3 Å². The van der Waals surface area contributed by atoms with Gasteiger partial charge in [-0.1, -0.05) is 36.4 Å². The second kappa shape index (κ2) is 7.83. The molecule has 2 N–H and O–H groups in total. The van der Waals surface area contributed by atoms with Crippen LogP contribution in [0.1, 0.15) is 11.1 Å². The first-order valence-electron chi connectivity index (χ1n) is 8.06. The van der Waals surface area contributed by atoms with E-state index >= 15 is 0 Å². The highest BCUT2D eigenvalue weighted by Crippen LogP contribution is 2.36. The number of aryl methyl sites for hydroxylation is 2. The number of aliphatic hydroxyl groups excluding tert-OH is 2. The minimum atomic E-state index is -0.786. The minimum absolute atomic E-state index is 0.00746. The lowest BCUT2D eigenvalue weighted by Gasteiger charge is -2.25. The van der Waals surface area contributed by atoms with Crippen molar-refractivity contribution in [1.82, 2.24) is 0 Å². The van der Waals surface area contributed by atoms with Crippen molar-refractivity contribution in [3.8, 4) is 0 Å². The average molecular weight is 343 g/mol. The molecule has 1 heterocycles. The van der Waals surface area contributed by atoms with Crippen LogP contribution in [0.2, 0.25) is 0 Å². The normalized spacial score (nSPS) is 14.5. The van der Waals surface area contributed by atoms with Gasteiger partial charge in [0, 0.05) is 5.75 Å². The van der Waals surface area contributed by atoms with E-state index in [2.05, 4.69) is 12.1 Å². The summed E-state index contributed by atoms with van der Waals surface area (Å²) < 4.78 is 0. The first kappa shape index (κ1) is 17.0. The van der Waals surface area contributed by atoms with Crippen LogP contribution < -0.4 is 4.90 Å². The van der Waals surface area contributed by atoms with E-state index in [0.29, 0.717) is 5.75 Å². The molecule has 0 saturated heterocycles. The summed E-state index contributed by atoms with van der Waals surface area (Å²) in [5.41, 5.74) is 4.22. The molecule has 126 valence electrons.